The number of rotatable bonds is 5. The first kappa shape index (κ1) is 21.7. The van der Waals surface area contributed by atoms with Gasteiger partial charge in [-0.25, -0.2) is 9.97 Å². The van der Waals surface area contributed by atoms with Crippen molar-refractivity contribution in [2.75, 3.05) is 52.2 Å². The second kappa shape index (κ2) is 8.75. The van der Waals surface area contributed by atoms with E-state index in [4.69, 9.17) is 4.98 Å². The number of imidazole rings is 1. The number of aromatic nitrogens is 6. The molecule has 6 rings (SSSR count). The van der Waals surface area contributed by atoms with E-state index in [1.54, 1.807) is 0 Å². The molecule has 0 radical (unpaired) electrons. The molecule has 1 aliphatic heterocycles. The van der Waals surface area contributed by atoms with Crippen molar-refractivity contribution in [3.63, 3.8) is 0 Å². The van der Waals surface area contributed by atoms with Crippen molar-refractivity contribution in [3.8, 4) is 22.6 Å². The molecule has 0 amide bonds. The minimum Gasteiger partial charge on any atom is -0.367 e. The van der Waals surface area contributed by atoms with E-state index in [-0.39, 0.29) is 0 Å². The largest absolute Gasteiger partial charge is 0.367 e. The van der Waals surface area contributed by atoms with Gasteiger partial charge >= 0.3 is 0 Å². The Hall–Kier alpha value is -3.82. The number of fused-ring (bicyclic) bond motifs is 2. The molecule has 1 saturated heterocycles. The number of anilines is 1. The number of aromatic amines is 2. The first-order valence-corrected chi connectivity index (χ1v) is 11.9. The SMILES string of the molecule is CN(C)Cc1cncc(-c2ccc3[nH]nc(-c4nc5nccc(N6CCN(C)CC6)c5[nH]4)c3c2)c1. The van der Waals surface area contributed by atoms with Crippen molar-refractivity contribution < 1.29 is 0 Å². The maximum Gasteiger partial charge on any atom is 0.180 e. The normalized spacial score (nSPS) is 15.0. The second-order valence-corrected chi connectivity index (χ2v) is 9.56. The van der Waals surface area contributed by atoms with Gasteiger partial charge in [0.1, 0.15) is 11.2 Å². The Morgan fingerprint density at radius 2 is 1.86 bits per heavy atom. The zero-order valence-corrected chi connectivity index (χ0v) is 20.3. The summed E-state index contributed by atoms with van der Waals surface area (Å²) in [5.74, 6) is 0.719. The fourth-order valence-electron chi connectivity index (χ4n) is 4.79. The van der Waals surface area contributed by atoms with E-state index < -0.39 is 0 Å². The minimum absolute atomic E-state index is 0.712. The van der Waals surface area contributed by atoms with Crippen LogP contribution in [0.2, 0.25) is 0 Å². The monoisotopic (exact) mass is 467 g/mol. The molecule has 9 nitrogen and oxygen atoms in total. The van der Waals surface area contributed by atoms with Crippen LogP contribution < -0.4 is 4.90 Å². The van der Waals surface area contributed by atoms with Crippen molar-refractivity contribution >= 4 is 27.8 Å². The number of H-pyrrole nitrogens is 2. The molecular formula is C26H29N9. The van der Waals surface area contributed by atoms with Gasteiger partial charge in [0.25, 0.3) is 0 Å². The lowest BCUT2D eigenvalue weighted by atomic mass is 10.0. The predicted octanol–water partition coefficient (Wildman–Crippen LogP) is 3.38. The number of hydrogen-bond donors (Lipinski definition) is 2. The molecule has 5 aromatic rings. The molecule has 1 aromatic carbocycles. The van der Waals surface area contributed by atoms with E-state index in [1.165, 1.54) is 5.56 Å². The Morgan fingerprint density at radius 3 is 2.69 bits per heavy atom. The highest BCUT2D eigenvalue weighted by Gasteiger charge is 2.20. The number of nitrogens with zero attached hydrogens (tertiary/aromatic N) is 7. The minimum atomic E-state index is 0.712. The topological polar surface area (TPSA) is 92.9 Å². The fraction of sp³-hybridized carbons (Fsp3) is 0.308. The smallest absolute Gasteiger partial charge is 0.180 e. The Labute approximate surface area is 203 Å². The number of benzene rings is 1. The molecule has 4 aromatic heterocycles. The van der Waals surface area contributed by atoms with Crippen LogP contribution >= 0.6 is 0 Å². The summed E-state index contributed by atoms with van der Waals surface area (Å²) in [6, 6.07) is 10.6. The number of piperazine rings is 1. The summed E-state index contributed by atoms with van der Waals surface area (Å²) in [6.07, 6.45) is 5.67. The third-order valence-corrected chi connectivity index (χ3v) is 6.63. The van der Waals surface area contributed by atoms with Gasteiger partial charge in [-0.15, -0.1) is 0 Å². The maximum atomic E-state index is 4.82. The van der Waals surface area contributed by atoms with Crippen LogP contribution in [0.25, 0.3) is 44.7 Å². The summed E-state index contributed by atoms with van der Waals surface area (Å²) in [5.41, 5.74) is 7.94. The number of nitrogens with one attached hydrogen (secondary N) is 2. The molecule has 1 aliphatic rings. The molecule has 35 heavy (non-hydrogen) atoms. The van der Waals surface area contributed by atoms with E-state index in [0.717, 1.165) is 77.5 Å². The predicted molar refractivity (Wildman–Crippen MR) is 139 cm³/mol. The van der Waals surface area contributed by atoms with E-state index in [2.05, 4.69) is 91.3 Å². The molecule has 0 aliphatic carbocycles. The number of hydrogen-bond acceptors (Lipinski definition) is 7. The molecule has 0 bridgehead atoms. The summed E-state index contributed by atoms with van der Waals surface area (Å²) in [4.78, 5) is 24.2. The molecule has 0 spiro atoms. The average Bonchev–Trinajstić information content (AvgIpc) is 3.48. The van der Waals surface area contributed by atoms with Gasteiger partial charge in [-0.05, 0) is 56.5 Å². The van der Waals surface area contributed by atoms with Crippen LogP contribution in [0.4, 0.5) is 5.69 Å². The standard InChI is InChI=1S/C26H29N9/c1-33(2)16-17-12-19(15-27-14-17)18-4-5-21-20(13-18)23(32-31-21)26-29-24-22(6-7-28-25(24)30-26)35-10-8-34(3)9-11-35/h4-7,12-15H,8-11,16H2,1-3H3,(H,31,32)(H,28,29,30). The van der Waals surface area contributed by atoms with Crippen LogP contribution in [-0.2, 0) is 6.54 Å². The van der Waals surface area contributed by atoms with Crippen molar-refractivity contribution in [3.05, 3.63) is 54.5 Å². The van der Waals surface area contributed by atoms with Crippen LogP contribution in [0.15, 0.2) is 48.9 Å². The highest BCUT2D eigenvalue weighted by molar-refractivity contribution is 5.96. The van der Waals surface area contributed by atoms with Crippen molar-refractivity contribution in [1.29, 1.82) is 0 Å². The average molecular weight is 468 g/mol. The van der Waals surface area contributed by atoms with Crippen LogP contribution in [0, 0.1) is 0 Å². The highest BCUT2D eigenvalue weighted by atomic mass is 15.3. The fourth-order valence-corrected chi connectivity index (χ4v) is 4.79. The molecule has 9 heteroatoms. The summed E-state index contributed by atoms with van der Waals surface area (Å²) in [6.45, 7) is 4.91. The van der Waals surface area contributed by atoms with Crippen molar-refractivity contribution in [2.45, 2.75) is 6.54 Å². The van der Waals surface area contributed by atoms with Crippen LogP contribution in [0.1, 0.15) is 5.56 Å². The highest BCUT2D eigenvalue weighted by Crippen LogP contribution is 2.32. The van der Waals surface area contributed by atoms with Gasteiger partial charge in [-0.3, -0.25) is 10.1 Å². The molecule has 5 heterocycles. The zero-order chi connectivity index (χ0) is 23.9. The summed E-state index contributed by atoms with van der Waals surface area (Å²) < 4.78 is 0. The summed E-state index contributed by atoms with van der Waals surface area (Å²) >= 11 is 0. The Kier molecular flexibility index (Phi) is 5.43. The summed E-state index contributed by atoms with van der Waals surface area (Å²) in [7, 11) is 6.29. The van der Waals surface area contributed by atoms with Crippen LogP contribution in [0.5, 0.6) is 0 Å². The third-order valence-electron chi connectivity index (χ3n) is 6.63. The molecule has 0 atom stereocenters. The summed E-state index contributed by atoms with van der Waals surface area (Å²) in [5, 5.41) is 8.79. The van der Waals surface area contributed by atoms with Gasteiger partial charge in [0.2, 0.25) is 0 Å². The zero-order valence-electron chi connectivity index (χ0n) is 20.3. The molecule has 0 unspecified atom stereocenters. The van der Waals surface area contributed by atoms with E-state index in [0.29, 0.717) is 5.65 Å². The molecular weight excluding hydrogens is 438 g/mol. The molecule has 2 N–H and O–H groups in total. The van der Waals surface area contributed by atoms with E-state index in [1.807, 2.05) is 18.6 Å². The lowest BCUT2D eigenvalue weighted by Crippen LogP contribution is -2.44. The Balaban J connectivity index is 1.39. The van der Waals surface area contributed by atoms with Gasteiger partial charge in [-0.1, -0.05) is 6.07 Å². The maximum absolute atomic E-state index is 4.82. The molecule has 1 fully saturated rings. The molecule has 178 valence electrons. The lowest BCUT2D eigenvalue weighted by molar-refractivity contribution is 0.313. The van der Waals surface area contributed by atoms with Crippen LogP contribution in [-0.4, -0.2) is 87.3 Å². The van der Waals surface area contributed by atoms with Gasteiger partial charge in [0.15, 0.2) is 11.5 Å². The lowest BCUT2D eigenvalue weighted by Gasteiger charge is -2.34. The number of likely N-dealkylation sites (N-methyl/N-ethyl adjacent to an activating group) is 1. The quantitative estimate of drug-likeness (QED) is 0.409. The first-order valence-electron chi connectivity index (χ1n) is 11.9. The van der Waals surface area contributed by atoms with Crippen molar-refractivity contribution in [2.24, 2.45) is 0 Å². The molecule has 0 saturated carbocycles. The Bertz CT molecular complexity index is 1490. The third kappa shape index (κ3) is 4.13. The van der Waals surface area contributed by atoms with E-state index >= 15 is 0 Å². The van der Waals surface area contributed by atoms with E-state index in [9.17, 15) is 0 Å². The number of pyridine rings is 2. The van der Waals surface area contributed by atoms with Gasteiger partial charge < -0.3 is 19.7 Å². The second-order valence-electron chi connectivity index (χ2n) is 9.56. The van der Waals surface area contributed by atoms with Gasteiger partial charge in [0, 0.05) is 62.3 Å². The van der Waals surface area contributed by atoms with Gasteiger partial charge in [0.05, 0.1) is 11.2 Å². The first-order chi connectivity index (χ1) is 17.0. The Morgan fingerprint density at radius 1 is 1.00 bits per heavy atom. The van der Waals surface area contributed by atoms with Crippen molar-refractivity contribution in [1.82, 2.24) is 39.9 Å². The van der Waals surface area contributed by atoms with Crippen LogP contribution in [0.3, 0.4) is 0 Å². The van der Waals surface area contributed by atoms with Gasteiger partial charge in [-0.2, -0.15) is 5.10 Å².